The summed E-state index contributed by atoms with van der Waals surface area (Å²) in [4.78, 5) is 10.7. The van der Waals surface area contributed by atoms with Crippen LogP contribution in [0.5, 0.6) is 0 Å². The first-order chi connectivity index (χ1) is 8.19. The first-order valence-corrected chi connectivity index (χ1v) is 7.12. The van der Waals surface area contributed by atoms with Crippen LogP contribution in [-0.4, -0.2) is 54.1 Å². The highest BCUT2D eigenvalue weighted by atomic mass is 32.1. The number of anilines is 1. The maximum atomic E-state index is 4.38. The fourth-order valence-corrected chi connectivity index (χ4v) is 3.02. The summed E-state index contributed by atoms with van der Waals surface area (Å²) in [6.45, 7) is 9.87. The quantitative estimate of drug-likeness (QED) is 0.886. The third kappa shape index (κ3) is 3.40. The smallest absolute Gasteiger partial charge is 0.182 e. The molecule has 1 aromatic heterocycles. The van der Waals surface area contributed by atoms with Crippen molar-refractivity contribution in [3.05, 3.63) is 11.1 Å². The predicted molar refractivity (Wildman–Crippen MR) is 73.6 cm³/mol. The summed E-state index contributed by atoms with van der Waals surface area (Å²) >= 11 is 1.78. The molecular weight excluding hydrogens is 232 g/mol. The van der Waals surface area contributed by atoms with Gasteiger partial charge in [0, 0.05) is 49.8 Å². The number of thiazole rings is 1. The summed E-state index contributed by atoms with van der Waals surface area (Å²) in [6, 6.07) is 0.657. The van der Waals surface area contributed by atoms with Gasteiger partial charge < -0.3 is 10.2 Å². The molecule has 0 spiro atoms. The van der Waals surface area contributed by atoms with Crippen molar-refractivity contribution in [1.29, 1.82) is 0 Å². The second kappa shape index (κ2) is 5.80. The van der Waals surface area contributed by atoms with Crippen LogP contribution in [0.3, 0.4) is 0 Å². The molecule has 1 aliphatic heterocycles. The molecule has 0 aromatic carbocycles. The molecule has 1 atom stereocenters. The van der Waals surface area contributed by atoms with Crippen LogP contribution >= 0.6 is 11.3 Å². The maximum Gasteiger partial charge on any atom is 0.182 e. The molecule has 1 aliphatic rings. The molecule has 96 valence electrons. The SMILES string of the molecule is CCNc1ncc(CN2CCN(C)C(C)C2)s1. The number of hydrogen-bond donors (Lipinski definition) is 1. The van der Waals surface area contributed by atoms with Gasteiger partial charge in [0.2, 0.25) is 0 Å². The van der Waals surface area contributed by atoms with Crippen molar-refractivity contribution < 1.29 is 0 Å². The first kappa shape index (κ1) is 12.8. The molecule has 0 saturated carbocycles. The van der Waals surface area contributed by atoms with Crippen molar-refractivity contribution >= 4 is 16.5 Å². The minimum atomic E-state index is 0.657. The van der Waals surface area contributed by atoms with E-state index in [4.69, 9.17) is 0 Å². The van der Waals surface area contributed by atoms with E-state index in [1.54, 1.807) is 11.3 Å². The minimum absolute atomic E-state index is 0.657. The molecule has 0 amide bonds. The summed E-state index contributed by atoms with van der Waals surface area (Å²) in [5, 5.41) is 4.31. The Kier molecular flexibility index (Phi) is 4.36. The number of rotatable bonds is 4. The standard InChI is InChI=1S/C12H22N4S/c1-4-13-12-14-7-11(17-12)9-16-6-5-15(3)10(2)8-16/h7,10H,4-6,8-9H2,1-3H3,(H,13,14). The van der Waals surface area contributed by atoms with Gasteiger partial charge in [0.05, 0.1) is 0 Å². The van der Waals surface area contributed by atoms with Crippen LogP contribution in [0.15, 0.2) is 6.20 Å². The molecule has 1 fully saturated rings. The van der Waals surface area contributed by atoms with Crippen molar-refractivity contribution in [2.45, 2.75) is 26.4 Å². The van der Waals surface area contributed by atoms with E-state index < -0.39 is 0 Å². The average Bonchev–Trinajstić information content (AvgIpc) is 2.72. The third-order valence-electron chi connectivity index (χ3n) is 3.30. The zero-order valence-corrected chi connectivity index (χ0v) is 11.8. The number of hydrogen-bond acceptors (Lipinski definition) is 5. The molecule has 0 bridgehead atoms. The lowest BCUT2D eigenvalue weighted by molar-refractivity contribution is 0.101. The summed E-state index contributed by atoms with van der Waals surface area (Å²) < 4.78 is 0. The predicted octanol–water partition coefficient (Wildman–Crippen LogP) is 1.71. The normalized spacial score (nSPS) is 22.9. The van der Waals surface area contributed by atoms with Gasteiger partial charge in [-0.3, -0.25) is 4.90 Å². The number of aromatic nitrogens is 1. The fraction of sp³-hybridized carbons (Fsp3) is 0.750. The number of likely N-dealkylation sites (N-methyl/N-ethyl adjacent to an activating group) is 1. The summed E-state index contributed by atoms with van der Waals surface area (Å²) in [7, 11) is 2.21. The first-order valence-electron chi connectivity index (χ1n) is 6.30. The number of piperazine rings is 1. The lowest BCUT2D eigenvalue weighted by atomic mass is 10.2. The van der Waals surface area contributed by atoms with Crippen LogP contribution in [0.2, 0.25) is 0 Å². The molecule has 1 N–H and O–H groups in total. The molecular formula is C12H22N4S. The summed E-state index contributed by atoms with van der Waals surface area (Å²) in [5.74, 6) is 0. The molecule has 0 aliphatic carbocycles. The zero-order chi connectivity index (χ0) is 12.3. The number of nitrogens with zero attached hydrogens (tertiary/aromatic N) is 3. The highest BCUT2D eigenvalue weighted by Crippen LogP contribution is 2.20. The van der Waals surface area contributed by atoms with E-state index in [9.17, 15) is 0 Å². The minimum Gasteiger partial charge on any atom is -0.362 e. The van der Waals surface area contributed by atoms with Crippen molar-refractivity contribution in [3.63, 3.8) is 0 Å². The zero-order valence-electron chi connectivity index (χ0n) is 10.9. The Hall–Kier alpha value is -0.650. The van der Waals surface area contributed by atoms with Crippen LogP contribution in [0.4, 0.5) is 5.13 Å². The van der Waals surface area contributed by atoms with Gasteiger partial charge in [0.1, 0.15) is 0 Å². The van der Waals surface area contributed by atoms with Gasteiger partial charge in [0.15, 0.2) is 5.13 Å². The Morgan fingerprint density at radius 1 is 1.53 bits per heavy atom. The molecule has 17 heavy (non-hydrogen) atoms. The monoisotopic (exact) mass is 254 g/mol. The molecule has 2 rings (SSSR count). The van der Waals surface area contributed by atoms with Crippen molar-refractivity contribution in [2.24, 2.45) is 0 Å². The van der Waals surface area contributed by atoms with E-state index in [1.165, 1.54) is 11.4 Å². The Bertz CT molecular complexity index is 352. The number of nitrogens with one attached hydrogen (secondary N) is 1. The van der Waals surface area contributed by atoms with Crippen LogP contribution in [0, 0.1) is 0 Å². The van der Waals surface area contributed by atoms with E-state index >= 15 is 0 Å². The second-order valence-corrected chi connectivity index (χ2v) is 5.84. The Labute approximate surface area is 108 Å². The Morgan fingerprint density at radius 2 is 2.35 bits per heavy atom. The van der Waals surface area contributed by atoms with E-state index in [0.29, 0.717) is 6.04 Å². The molecule has 5 heteroatoms. The molecule has 1 saturated heterocycles. The molecule has 0 radical (unpaired) electrons. The van der Waals surface area contributed by atoms with Crippen molar-refractivity contribution in [1.82, 2.24) is 14.8 Å². The molecule has 1 unspecified atom stereocenters. The second-order valence-electron chi connectivity index (χ2n) is 4.73. The van der Waals surface area contributed by atoms with Gasteiger partial charge in [-0.1, -0.05) is 0 Å². The lowest BCUT2D eigenvalue weighted by Gasteiger charge is -2.37. The van der Waals surface area contributed by atoms with Crippen molar-refractivity contribution in [2.75, 3.05) is 38.5 Å². The van der Waals surface area contributed by atoms with Crippen LogP contribution in [0.1, 0.15) is 18.7 Å². The van der Waals surface area contributed by atoms with E-state index in [2.05, 4.69) is 41.0 Å². The molecule has 4 nitrogen and oxygen atoms in total. The van der Waals surface area contributed by atoms with Gasteiger partial charge in [-0.15, -0.1) is 11.3 Å². The highest BCUT2D eigenvalue weighted by Gasteiger charge is 2.20. The average molecular weight is 254 g/mol. The topological polar surface area (TPSA) is 31.4 Å². The Morgan fingerprint density at radius 3 is 3.06 bits per heavy atom. The maximum absolute atomic E-state index is 4.38. The fourth-order valence-electron chi connectivity index (χ4n) is 2.10. The summed E-state index contributed by atoms with van der Waals surface area (Å²) in [6.07, 6.45) is 2.01. The lowest BCUT2D eigenvalue weighted by Crippen LogP contribution is -2.49. The van der Waals surface area contributed by atoms with E-state index in [0.717, 1.165) is 31.3 Å². The van der Waals surface area contributed by atoms with E-state index in [1.807, 2.05) is 6.20 Å². The van der Waals surface area contributed by atoms with Gasteiger partial charge >= 0.3 is 0 Å². The van der Waals surface area contributed by atoms with Crippen molar-refractivity contribution in [3.8, 4) is 0 Å². The van der Waals surface area contributed by atoms with Gasteiger partial charge in [-0.25, -0.2) is 4.98 Å². The van der Waals surface area contributed by atoms with Gasteiger partial charge in [-0.05, 0) is 20.9 Å². The van der Waals surface area contributed by atoms with Crippen LogP contribution in [0.25, 0.3) is 0 Å². The van der Waals surface area contributed by atoms with E-state index in [-0.39, 0.29) is 0 Å². The van der Waals surface area contributed by atoms with Crippen LogP contribution in [-0.2, 0) is 6.54 Å². The molecule has 1 aromatic rings. The largest absolute Gasteiger partial charge is 0.362 e. The summed E-state index contributed by atoms with van der Waals surface area (Å²) in [5.41, 5.74) is 0. The van der Waals surface area contributed by atoms with Gasteiger partial charge in [0.25, 0.3) is 0 Å². The van der Waals surface area contributed by atoms with Crippen LogP contribution < -0.4 is 5.32 Å². The molecule has 2 heterocycles. The third-order valence-corrected chi connectivity index (χ3v) is 4.24. The van der Waals surface area contributed by atoms with Gasteiger partial charge in [-0.2, -0.15) is 0 Å². The highest BCUT2D eigenvalue weighted by molar-refractivity contribution is 7.15. The Balaban J connectivity index is 1.87.